The van der Waals surface area contributed by atoms with Crippen molar-refractivity contribution in [1.29, 1.82) is 0 Å². The lowest BCUT2D eigenvalue weighted by Gasteiger charge is -2.29. The van der Waals surface area contributed by atoms with Crippen LogP contribution in [0.1, 0.15) is 40.5 Å². The summed E-state index contributed by atoms with van der Waals surface area (Å²) >= 11 is 0. The van der Waals surface area contributed by atoms with Crippen LogP contribution >= 0.6 is 12.4 Å². The molecule has 0 aromatic heterocycles. The Labute approximate surface area is 111 Å². The van der Waals surface area contributed by atoms with Crippen molar-refractivity contribution in [3.05, 3.63) is 0 Å². The predicted octanol–water partition coefficient (Wildman–Crippen LogP) is 1.71. The second-order valence-electron chi connectivity index (χ2n) is 5.23. The third-order valence-electron chi connectivity index (χ3n) is 2.65. The van der Waals surface area contributed by atoms with Gasteiger partial charge < -0.3 is 15.8 Å². The average Bonchev–Trinajstić information content (AvgIpc) is 2.16. The largest absolute Gasteiger partial charge is 0.379 e. The van der Waals surface area contributed by atoms with E-state index in [9.17, 15) is 4.79 Å². The van der Waals surface area contributed by atoms with Gasteiger partial charge in [-0.05, 0) is 11.8 Å². The number of nitrogens with one attached hydrogen (secondary N) is 1. The Morgan fingerprint density at radius 3 is 2.29 bits per heavy atom. The molecule has 0 bridgehead atoms. The fourth-order valence-corrected chi connectivity index (χ4v) is 1.51. The number of hydrogen-bond donors (Lipinski definition) is 2. The molecular formula is C12H27ClN2O2. The number of ether oxygens (including phenoxy) is 1. The van der Waals surface area contributed by atoms with Crippen LogP contribution in [0.25, 0.3) is 0 Å². The molecule has 0 saturated carbocycles. The van der Waals surface area contributed by atoms with Crippen LogP contribution in [0, 0.1) is 5.41 Å². The van der Waals surface area contributed by atoms with E-state index in [0.29, 0.717) is 6.54 Å². The Bertz CT molecular complexity index is 217. The highest BCUT2D eigenvalue weighted by atomic mass is 35.5. The number of methoxy groups -OCH3 is 1. The molecule has 2 atom stereocenters. The maximum atomic E-state index is 11.6. The highest BCUT2D eigenvalue weighted by Crippen LogP contribution is 2.20. The lowest BCUT2D eigenvalue weighted by atomic mass is 9.89. The summed E-state index contributed by atoms with van der Waals surface area (Å²) < 4.78 is 5.35. The van der Waals surface area contributed by atoms with Gasteiger partial charge in [0.1, 0.15) is 0 Å². The molecule has 0 saturated heterocycles. The van der Waals surface area contributed by atoms with E-state index in [0.717, 1.165) is 12.8 Å². The van der Waals surface area contributed by atoms with Crippen molar-refractivity contribution in [2.45, 2.75) is 52.7 Å². The van der Waals surface area contributed by atoms with Gasteiger partial charge in [-0.3, -0.25) is 4.79 Å². The van der Waals surface area contributed by atoms with E-state index >= 15 is 0 Å². The van der Waals surface area contributed by atoms with Crippen molar-refractivity contribution in [3.8, 4) is 0 Å². The molecule has 1 amide bonds. The third kappa shape index (κ3) is 7.58. The minimum absolute atomic E-state index is 0. The van der Waals surface area contributed by atoms with Crippen molar-refractivity contribution in [3.63, 3.8) is 0 Å². The number of amides is 1. The first-order valence-electron chi connectivity index (χ1n) is 5.89. The van der Waals surface area contributed by atoms with Crippen LogP contribution in [0.4, 0.5) is 0 Å². The smallest absolute Gasteiger partial charge is 0.237 e. The van der Waals surface area contributed by atoms with Crippen molar-refractivity contribution in [2.24, 2.45) is 11.1 Å². The van der Waals surface area contributed by atoms with Gasteiger partial charge in [0, 0.05) is 13.7 Å². The summed E-state index contributed by atoms with van der Waals surface area (Å²) in [5.74, 6) is -0.0897. The minimum atomic E-state index is -0.400. The molecule has 104 valence electrons. The summed E-state index contributed by atoms with van der Waals surface area (Å²) in [5, 5.41) is 2.84. The van der Waals surface area contributed by atoms with E-state index in [4.69, 9.17) is 10.5 Å². The molecule has 0 aromatic rings. The molecule has 0 fully saturated rings. The highest BCUT2D eigenvalue weighted by molar-refractivity contribution is 5.85. The van der Waals surface area contributed by atoms with Crippen LogP contribution in [0.15, 0.2) is 0 Å². The van der Waals surface area contributed by atoms with Crippen molar-refractivity contribution in [2.75, 3.05) is 13.7 Å². The monoisotopic (exact) mass is 266 g/mol. The van der Waals surface area contributed by atoms with Gasteiger partial charge in [-0.1, -0.05) is 34.1 Å². The van der Waals surface area contributed by atoms with Gasteiger partial charge in [0.2, 0.25) is 5.91 Å². The minimum Gasteiger partial charge on any atom is -0.379 e. The summed E-state index contributed by atoms with van der Waals surface area (Å²) in [6, 6.07) is -0.400. The molecule has 4 nitrogen and oxygen atoms in total. The zero-order valence-electron chi connectivity index (χ0n) is 11.6. The Morgan fingerprint density at radius 1 is 1.41 bits per heavy atom. The molecule has 5 heteroatoms. The Morgan fingerprint density at radius 2 is 1.94 bits per heavy atom. The van der Waals surface area contributed by atoms with Crippen molar-refractivity contribution < 1.29 is 9.53 Å². The van der Waals surface area contributed by atoms with Crippen LogP contribution in [0.3, 0.4) is 0 Å². The standard InChI is InChI=1S/C12H26N2O2.ClH/c1-6-7-9(13)11(15)14-8-10(16-5)12(2,3)4;/h9-10H,6-8,13H2,1-5H3,(H,14,15);1H. The maximum Gasteiger partial charge on any atom is 0.237 e. The Kier molecular flexibility index (Phi) is 9.77. The second-order valence-corrected chi connectivity index (χ2v) is 5.23. The molecule has 0 aliphatic rings. The third-order valence-corrected chi connectivity index (χ3v) is 2.65. The first kappa shape index (κ1) is 19.0. The zero-order chi connectivity index (χ0) is 12.8. The SMILES string of the molecule is CCCC(N)C(=O)NCC(OC)C(C)(C)C.Cl. The molecule has 0 aromatic carbocycles. The van der Waals surface area contributed by atoms with Crippen molar-refractivity contribution in [1.82, 2.24) is 5.32 Å². The maximum absolute atomic E-state index is 11.6. The van der Waals surface area contributed by atoms with Gasteiger partial charge in [-0.25, -0.2) is 0 Å². The molecule has 0 aliphatic heterocycles. The molecule has 17 heavy (non-hydrogen) atoms. The van der Waals surface area contributed by atoms with Crippen LogP contribution in [0.2, 0.25) is 0 Å². The molecule has 0 radical (unpaired) electrons. The van der Waals surface area contributed by atoms with E-state index in [1.54, 1.807) is 7.11 Å². The van der Waals surface area contributed by atoms with Crippen LogP contribution in [-0.2, 0) is 9.53 Å². The predicted molar refractivity (Wildman–Crippen MR) is 73.4 cm³/mol. The number of nitrogens with two attached hydrogens (primary N) is 1. The zero-order valence-corrected chi connectivity index (χ0v) is 12.4. The molecule has 0 heterocycles. The lowest BCUT2D eigenvalue weighted by Crippen LogP contribution is -2.46. The van der Waals surface area contributed by atoms with Crippen molar-refractivity contribution >= 4 is 18.3 Å². The van der Waals surface area contributed by atoms with Gasteiger partial charge in [0.05, 0.1) is 12.1 Å². The van der Waals surface area contributed by atoms with Crippen LogP contribution in [0.5, 0.6) is 0 Å². The van der Waals surface area contributed by atoms with Gasteiger partial charge >= 0.3 is 0 Å². The van der Waals surface area contributed by atoms with Gasteiger partial charge in [0.15, 0.2) is 0 Å². The van der Waals surface area contributed by atoms with Crippen LogP contribution < -0.4 is 11.1 Å². The number of hydrogen-bond acceptors (Lipinski definition) is 3. The number of carbonyl (C=O) groups is 1. The summed E-state index contributed by atoms with van der Waals surface area (Å²) in [5.41, 5.74) is 5.72. The summed E-state index contributed by atoms with van der Waals surface area (Å²) in [6.45, 7) is 8.77. The number of carbonyl (C=O) groups excluding carboxylic acids is 1. The lowest BCUT2D eigenvalue weighted by molar-refractivity contribution is -0.123. The molecule has 0 aliphatic carbocycles. The van der Waals surface area contributed by atoms with E-state index in [1.165, 1.54) is 0 Å². The van der Waals surface area contributed by atoms with E-state index in [-0.39, 0.29) is 29.8 Å². The normalized spacial score (nSPS) is 14.7. The van der Waals surface area contributed by atoms with E-state index in [1.807, 2.05) is 6.92 Å². The molecule has 2 unspecified atom stereocenters. The van der Waals surface area contributed by atoms with E-state index < -0.39 is 6.04 Å². The fourth-order valence-electron chi connectivity index (χ4n) is 1.51. The molecule has 3 N–H and O–H groups in total. The quantitative estimate of drug-likeness (QED) is 0.769. The summed E-state index contributed by atoms with van der Waals surface area (Å²) in [6.07, 6.45) is 1.64. The highest BCUT2D eigenvalue weighted by Gasteiger charge is 2.25. The first-order chi connectivity index (χ1) is 7.32. The average molecular weight is 267 g/mol. The summed E-state index contributed by atoms with van der Waals surface area (Å²) in [4.78, 5) is 11.6. The van der Waals surface area contributed by atoms with Crippen LogP contribution in [-0.4, -0.2) is 31.7 Å². The number of halogens is 1. The Balaban J connectivity index is 0. The topological polar surface area (TPSA) is 64.4 Å². The van der Waals surface area contributed by atoms with Gasteiger partial charge in [-0.15, -0.1) is 12.4 Å². The molecular weight excluding hydrogens is 240 g/mol. The van der Waals surface area contributed by atoms with Gasteiger partial charge in [-0.2, -0.15) is 0 Å². The first-order valence-corrected chi connectivity index (χ1v) is 5.89. The summed E-state index contributed by atoms with van der Waals surface area (Å²) in [7, 11) is 1.66. The Hall–Kier alpha value is -0.320. The van der Waals surface area contributed by atoms with Gasteiger partial charge in [0.25, 0.3) is 0 Å². The molecule has 0 spiro atoms. The molecule has 0 rings (SSSR count). The van der Waals surface area contributed by atoms with E-state index in [2.05, 4.69) is 26.1 Å². The second kappa shape index (κ2) is 8.72. The fraction of sp³-hybridized carbons (Fsp3) is 0.917. The number of rotatable bonds is 6.